The summed E-state index contributed by atoms with van der Waals surface area (Å²) in [6.45, 7) is 4.37. The first-order valence-electron chi connectivity index (χ1n) is 7.86. The summed E-state index contributed by atoms with van der Waals surface area (Å²) in [5.74, 6) is 0.249. The van der Waals surface area contributed by atoms with Crippen LogP contribution in [0.15, 0.2) is 53.7 Å². The highest BCUT2D eigenvalue weighted by Crippen LogP contribution is 2.21. The number of benzene rings is 2. The molecule has 1 aromatic heterocycles. The molecular weight excluding hydrogens is 336 g/mol. The SMILES string of the molecule is Cc1ccc(-n2nnnc2SCCOC(=O)c2ccccc2)c(C)c1. The number of hydrogen-bond donors (Lipinski definition) is 0. The van der Waals surface area contributed by atoms with Gasteiger partial charge in [-0.2, -0.15) is 4.68 Å². The molecule has 0 atom stereocenters. The second kappa shape index (κ2) is 7.94. The van der Waals surface area contributed by atoms with Crippen LogP contribution in [-0.2, 0) is 4.74 Å². The molecule has 0 fully saturated rings. The van der Waals surface area contributed by atoms with Gasteiger partial charge in [0.1, 0.15) is 6.61 Å². The van der Waals surface area contributed by atoms with E-state index in [0.717, 1.165) is 11.3 Å². The standard InChI is InChI=1S/C18H18N4O2S/c1-13-8-9-16(14(2)12-13)22-18(19-20-21-22)25-11-10-24-17(23)15-6-4-3-5-7-15/h3-9,12H,10-11H2,1-2H3. The Bertz CT molecular complexity index is 865. The molecule has 0 amide bonds. The molecule has 3 aromatic rings. The summed E-state index contributed by atoms with van der Waals surface area (Å²) in [7, 11) is 0. The Labute approximate surface area is 150 Å². The van der Waals surface area contributed by atoms with E-state index in [1.54, 1.807) is 16.8 Å². The molecule has 0 saturated heterocycles. The van der Waals surface area contributed by atoms with Crippen LogP contribution in [0.3, 0.4) is 0 Å². The number of ether oxygens (including phenoxy) is 1. The van der Waals surface area contributed by atoms with Crippen LogP contribution < -0.4 is 0 Å². The number of aryl methyl sites for hydroxylation is 2. The van der Waals surface area contributed by atoms with Crippen molar-refractivity contribution >= 4 is 17.7 Å². The summed E-state index contributed by atoms with van der Waals surface area (Å²) < 4.78 is 6.98. The molecule has 1 heterocycles. The molecule has 25 heavy (non-hydrogen) atoms. The molecule has 0 aliphatic carbocycles. The first kappa shape index (κ1) is 17.2. The molecular formula is C18H18N4O2S. The van der Waals surface area contributed by atoms with Crippen LogP contribution in [0.5, 0.6) is 0 Å². The Morgan fingerprint density at radius 1 is 1.16 bits per heavy atom. The molecule has 6 nitrogen and oxygen atoms in total. The van der Waals surface area contributed by atoms with E-state index in [2.05, 4.69) is 21.6 Å². The van der Waals surface area contributed by atoms with Gasteiger partial charge in [-0.15, -0.1) is 5.10 Å². The summed E-state index contributed by atoms with van der Waals surface area (Å²) in [5, 5.41) is 12.5. The second-order valence-electron chi connectivity index (χ2n) is 5.51. The van der Waals surface area contributed by atoms with Gasteiger partial charge in [0.15, 0.2) is 0 Å². The van der Waals surface area contributed by atoms with Crippen molar-refractivity contribution in [3.05, 3.63) is 65.2 Å². The van der Waals surface area contributed by atoms with Crippen molar-refractivity contribution in [2.24, 2.45) is 0 Å². The summed E-state index contributed by atoms with van der Waals surface area (Å²) >= 11 is 1.45. The van der Waals surface area contributed by atoms with E-state index in [1.165, 1.54) is 17.3 Å². The molecule has 0 aliphatic heterocycles. The third-order valence-electron chi connectivity index (χ3n) is 3.58. The number of thioether (sulfide) groups is 1. The lowest BCUT2D eigenvalue weighted by molar-refractivity contribution is 0.0530. The minimum atomic E-state index is -0.324. The maximum absolute atomic E-state index is 11.9. The summed E-state index contributed by atoms with van der Waals surface area (Å²) in [6.07, 6.45) is 0. The van der Waals surface area contributed by atoms with Crippen LogP contribution in [0.25, 0.3) is 5.69 Å². The van der Waals surface area contributed by atoms with Gasteiger partial charge in [0.05, 0.1) is 11.3 Å². The Hall–Kier alpha value is -2.67. The van der Waals surface area contributed by atoms with Gasteiger partial charge in [0, 0.05) is 5.75 Å². The average Bonchev–Trinajstić information content (AvgIpc) is 3.07. The Morgan fingerprint density at radius 3 is 2.72 bits per heavy atom. The summed E-state index contributed by atoms with van der Waals surface area (Å²) in [4.78, 5) is 11.9. The fourth-order valence-electron chi connectivity index (χ4n) is 2.39. The first-order chi connectivity index (χ1) is 12.1. The van der Waals surface area contributed by atoms with Crippen molar-refractivity contribution in [2.45, 2.75) is 19.0 Å². The van der Waals surface area contributed by atoms with Gasteiger partial charge >= 0.3 is 5.97 Å². The lowest BCUT2D eigenvalue weighted by atomic mass is 10.1. The highest BCUT2D eigenvalue weighted by molar-refractivity contribution is 7.99. The lowest BCUT2D eigenvalue weighted by Gasteiger charge is -2.08. The lowest BCUT2D eigenvalue weighted by Crippen LogP contribution is -2.08. The van der Waals surface area contributed by atoms with Crippen LogP contribution in [0.2, 0.25) is 0 Å². The number of nitrogens with zero attached hydrogens (tertiary/aromatic N) is 4. The molecule has 0 spiro atoms. The van der Waals surface area contributed by atoms with Crippen molar-refractivity contribution in [3.8, 4) is 5.69 Å². The summed E-state index contributed by atoms with van der Waals surface area (Å²) in [6, 6.07) is 15.1. The summed E-state index contributed by atoms with van der Waals surface area (Å²) in [5.41, 5.74) is 3.79. The molecule has 0 unspecified atom stereocenters. The molecule has 7 heteroatoms. The van der Waals surface area contributed by atoms with Crippen LogP contribution >= 0.6 is 11.8 Å². The van der Waals surface area contributed by atoms with E-state index in [4.69, 9.17) is 4.74 Å². The third-order valence-corrected chi connectivity index (χ3v) is 4.46. The molecule has 128 valence electrons. The minimum Gasteiger partial charge on any atom is -0.461 e. The molecule has 2 aromatic carbocycles. The zero-order chi connectivity index (χ0) is 17.6. The molecule has 3 rings (SSSR count). The molecule has 0 aliphatic rings. The van der Waals surface area contributed by atoms with Gasteiger partial charge in [-0.1, -0.05) is 47.7 Å². The number of rotatable bonds is 6. The fraction of sp³-hybridized carbons (Fsp3) is 0.222. The van der Waals surface area contributed by atoms with E-state index < -0.39 is 0 Å². The van der Waals surface area contributed by atoms with Gasteiger partial charge in [-0.05, 0) is 48.0 Å². The first-order valence-corrected chi connectivity index (χ1v) is 8.84. The van der Waals surface area contributed by atoms with Gasteiger partial charge in [0.25, 0.3) is 0 Å². The van der Waals surface area contributed by atoms with Crippen LogP contribution in [-0.4, -0.2) is 38.5 Å². The van der Waals surface area contributed by atoms with Gasteiger partial charge in [-0.25, -0.2) is 4.79 Å². The fourth-order valence-corrected chi connectivity index (χ4v) is 3.09. The quantitative estimate of drug-likeness (QED) is 0.384. The number of tetrazole rings is 1. The number of esters is 1. The highest BCUT2D eigenvalue weighted by Gasteiger charge is 2.12. The molecule has 0 saturated carbocycles. The van der Waals surface area contributed by atoms with Crippen molar-refractivity contribution < 1.29 is 9.53 Å². The Morgan fingerprint density at radius 2 is 1.96 bits per heavy atom. The van der Waals surface area contributed by atoms with E-state index in [1.807, 2.05) is 44.2 Å². The molecule has 0 radical (unpaired) electrons. The van der Waals surface area contributed by atoms with E-state index in [-0.39, 0.29) is 12.6 Å². The van der Waals surface area contributed by atoms with Crippen molar-refractivity contribution in [2.75, 3.05) is 12.4 Å². The van der Waals surface area contributed by atoms with Gasteiger partial charge < -0.3 is 4.74 Å². The highest BCUT2D eigenvalue weighted by atomic mass is 32.2. The van der Waals surface area contributed by atoms with Crippen molar-refractivity contribution in [1.29, 1.82) is 0 Å². The number of carbonyl (C=O) groups is 1. The smallest absolute Gasteiger partial charge is 0.338 e. The molecule has 0 bridgehead atoms. The van der Waals surface area contributed by atoms with Crippen LogP contribution in [0, 0.1) is 13.8 Å². The topological polar surface area (TPSA) is 69.9 Å². The normalized spacial score (nSPS) is 10.6. The Kier molecular flexibility index (Phi) is 5.45. The van der Waals surface area contributed by atoms with E-state index in [9.17, 15) is 4.79 Å². The average molecular weight is 354 g/mol. The monoisotopic (exact) mass is 354 g/mol. The van der Waals surface area contributed by atoms with E-state index in [0.29, 0.717) is 16.5 Å². The zero-order valence-electron chi connectivity index (χ0n) is 14.0. The predicted molar refractivity (Wildman–Crippen MR) is 96.1 cm³/mol. The van der Waals surface area contributed by atoms with Crippen LogP contribution in [0.1, 0.15) is 21.5 Å². The Balaban J connectivity index is 1.58. The minimum absolute atomic E-state index is 0.290. The van der Waals surface area contributed by atoms with Crippen LogP contribution in [0.4, 0.5) is 0 Å². The maximum atomic E-state index is 11.9. The van der Waals surface area contributed by atoms with Crippen molar-refractivity contribution in [1.82, 2.24) is 20.2 Å². The predicted octanol–water partition coefficient (Wildman–Crippen LogP) is 3.23. The maximum Gasteiger partial charge on any atom is 0.338 e. The second-order valence-corrected chi connectivity index (χ2v) is 6.58. The molecule has 0 N–H and O–H groups in total. The third kappa shape index (κ3) is 4.24. The van der Waals surface area contributed by atoms with Crippen molar-refractivity contribution in [3.63, 3.8) is 0 Å². The number of carbonyl (C=O) groups excluding carboxylic acids is 1. The largest absolute Gasteiger partial charge is 0.461 e. The number of hydrogen-bond acceptors (Lipinski definition) is 6. The van der Waals surface area contributed by atoms with Gasteiger partial charge in [-0.3, -0.25) is 0 Å². The van der Waals surface area contributed by atoms with E-state index >= 15 is 0 Å². The van der Waals surface area contributed by atoms with Gasteiger partial charge in [0.2, 0.25) is 5.16 Å². The number of aromatic nitrogens is 4. The zero-order valence-corrected chi connectivity index (χ0v) is 14.9.